The Bertz CT molecular complexity index is 1220. The Balaban J connectivity index is 1.96. The largest absolute Gasteiger partial charge is 0.504 e. The van der Waals surface area contributed by atoms with Crippen LogP contribution in [-0.4, -0.2) is 21.8 Å². The van der Waals surface area contributed by atoms with Gasteiger partial charge in [-0.05, 0) is 37.6 Å². The fourth-order valence-electron chi connectivity index (χ4n) is 3.22. The highest BCUT2D eigenvalue weighted by molar-refractivity contribution is 6.44. The van der Waals surface area contributed by atoms with Gasteiger partial charge in [0.25, 0.3) is 11.6 Å². The van der Waals surface area contributed by atoms with Crippen LogP contribution in [0.4, 0.5) is 11.4 Å². The van der Waals surface area contributed by atoms with Gasteiger partial charge < -0.3 is 13.9 Å². The Morgan fingerprint density at radius 2 is 1.69 bits per heavy atom. The molecule has 0 radical (unpaired) electrons. The van der Waals surface area contributed by atoms with Gasteiger partial charge in [-0.1, -0.05) is 0 Å². The number of fused-ring (bicyclic) bond motifs is 1. The van der Waals surface area contributed by atoms with Crippen LogP contribution in [0, 0.1) is 24.0 Å². The van der Waals surface area contributed by atoms with E-state index in [9.17, 15) is 24.8 Å². The number of carbonyl (C=O) groups is 2. The van der Waals surface area contributed by atoms with E-state index < -0.39 is 22.5 Å². The van der Waals surface area contributed by atoms with Crippen LogP contribution in [0.5, 0.6) is 0 Å². The summed E-state index contributed by atoms with van der Waals surface area (Å²) >= 11 is 0. The van der Waals surface area contributed by atoms with E-state index in [0.29, 0.717) is 11.1 Å². The van der Waals surface area contributed by atoms with Crippen molar-refractivity contribution in [2.45, 2.75) is 13.8 Å². The SMILES string of the molecule is Cc1ccoc1C(=O)N1C(=O)/C(=C(\O)c2occc2C)c2ccc([N+](=O)[O-])cc21. The molecule has 1 aliphatic rings. The highest BCUT2D eigenvalue weighted by Crippen LogP contribution is 2.43. The summed E-state index contributed by atoms with van der Waals surface area (Å²) < 4.78 is 10.5. The Hall–Kier alpha value is -4.14. The highest BCUT2D eigenvalue weighted by Gasteiger charge is 2.42. The molecule has 0 atom stereocenters. The van der Waals surface area contributed by atoms with Crippen molar-refractivity contribution < 1.29 is 28.5 Å². The van der Waals surface area contributed by atoms with Crippen LogP contribution in [0.2, 0.25) is 0 Å². The van der Waals surface area contributed by atoms with Crippen molar-refractivity contribution in [3.05, 3.63) is 81.2 Å². The number of aryl methyl sites for hydroxylation is 2. The predicted octanol–water partition coefficient (Wildman–Crippen LogP) is 4.01. The molecule has 0 unspecified atom stereocenters. The number of aliphatic hydroxyl groups is 1. The van der Waals surface area contributed by atoms with Crippen LogP contribution in [0.1, 0.15) is 33.0 Å². The molecule has 0 saturated carbocycles. The van der Waals surface area contributed by atoms with Crippen molar-refractivity contribution in [1.29, 1.82) is 0 Å². The lowest BCUT2D eigenvalue weighted by Crippen LogP contribution is -2.33. The molecular formula is C20H14N2O7. The van der Waals surface area contributed by atoms with Gasteiger partial charge in [-0.15, -0.1) is 0 Å². The molecule has 146 valence electrons. The number of imide groups is 1. The Labute approximate surface area is 163 Å². The molecule has 9 nitrogen and oxygen atoms in total. The number of furan rings is 2. The fraction of sp³-hybridized carbons (Fsp3) is 0.100. The van der Waals surface area contributed by atoms with E-state index in [-0.39, 0.29) is 34.0 Å². The van der Waals surface area contributed by atoms with Crippen LogP contribution in [0.25, 0.3) is 11.3 Å². The van der Waals surface area contributed by atoms with Gasteiger partial charge in [0.15, 0.2) is 17.3 Å². The first-order valence-corrected chi connectivity index (χ1v) is 8.50. The number of aliphatic hydroxyl groups excluding tert-OH is 1. The van der Waals surface area contributed by atoms with Gasteiger partial charge >= 0.3 is 5.91 Å². The number of amides is 2. The smallest absolute Gasteiger partial charge is 0.301 e. The van der Waals surface area contributed by atoms with E-state index in [1.807, 2.05) is 0 Å². The van der Waals surface area contributed by atoms with E-state index in [2.05, 4.69) is 0 Å². The summed E-state index contributed by atoms with van der Waals surface area (Å²) in [5.74, 6) is -2.10. The minimum absolute atomic E-state index is 0.0178. The van der Waals surface area contributed by atoms with Crippen LogP contribution in [0.3, 0.4) is 0 Å². The lowest BCUT2D eigenvalue weighted by molar-refractivity contribution is -0.384. The molecule has 2 amide bonds. The lowest BCUT2D eigenvalue weighted by atomic mass is 10.0. The third-order valence-corrected chi connectivity index (χ3v) is 4.69. The molecule has 1 N–H and O–H groups in total. The van der Waals surface area contributed by atoms with Gasteiger partial charge in [-0.25, -0.2) is 4.90 Å². The van der Waals surface area contributed by atoms with Gasteiger partial charge in [-0.2, -0.15) is 0 Å². The maximum atomic E-state index is 13.2. The lowest BCUT2D eigenvalue weighted by Gasteiger charge is -2.14. The first kappa shape index (κ1) is 18.2. The summed E-state index contributed by atoms with van der Waals surface area (Å²) in [4.78, 5) is 37.5. The number of benzene rings is 1. The number of carbonyl (C=O) groups excluding carboxylic acids is 2. The van der Waals surface area contributed by atoms with Gasteiger partial charge in [0, 0.05) is 23.3 Å². The molecular weight excluding hydrogens is 380 g/mol. The molecule has 4 rings (SSSR count). The maximum Gasteiger partial charge on any atom is 0.301 e. The van der Waals surface area contributed by atoms with Crippen LogP contribution in [0.15, 0.2) is 51.7 Å². The first-order chi connectivity index (χ1) is 13.8. The van der Waals surface area contributed by atoms with Crippen LogP contribution < -0.4 is 4.90 Å². The Morgan fingerprint density at radius 3 is 2.24 bits per heavy atom. The highest BCUT2D eigenvalue weighted by atomic mass is 16.6. The molecule has 0 aliphatic carbocycles. The summed E-state index contributed by atoms with van der Waals surface area (Å²) in [5.41, 5.74) is 0.740. The van der Waals surface area contributed by atoms with E-state index in [0.717, 1.165) is 11.0 Å². The van der Waals surface area contributed by atoms with E-state index in [1.165, 1.54) is 24.7 Å². The zero-order valence-corrected chi connectivity index (χ0v) is 15.3. The molecule has 0 bridgehead atoms. The number of hydrogen-bond donors (Lipinski definition) is 1. The van der Waals surface area contributed by atoms with Crippen molar-refractivity contribution in [3.8, 4) is 0 Å². The molecule has 1 aliphatic heterocycles. The molecule has 3 aromatic rings. The fourth-order valence-corrected chi connectivity index (χ4v) is 3.22. The second-order valence-electron chi connectivity index (χ2n) is 6.49. The monoisotopic (exact) mass is 394 g/mol. The topological polar surface area (TPSA) is 127 Å². The number of rotatable bonds is 3. The molecule has 9 heteroatoms. The molecule has 0 spiro atoms. The summed E-state index contributed by atoms with van der Waals surface area (Å²) in [6, 6.07) is 6.79. The molecule has 1 aromatic carbocycles. The van der Waals surface area contributed by atoms with Gasteiger partial charge in [0.2, 0.25) is 0 Å². The standard InChI is InChI=1S/C20H14N2O7/c1-10-5-7-28-17(10)16(23)15-13-4-3-12(22(26)27)9-14(13)21(19(15)24)20(25)18-11(2)6-8-29-18/h3-9,23H,1-2H3/b16-15-. The molecule has 0 fully saturated rings. The van der Waals surface area contributed by atoms with Crippen molar-refractivity contribution in [1.82, 2.24) is 0 Å². The van der Waals surface area contributed by atoms with Crippen LogP contribution >= 0.6 is 0 Å². The number of anilines is 1. The maximum absolute atomic E-state index is 13.2. The van der Waals surface area contributed by atoms with Crippen molar-refractivity contribution in [2.75, 3.05) is 4.90 Å². The Kier molecular flexibility index (Phi) is 4.08. The van der Waals surface area contributed by atoms with E-state index in [4.69, 9.17) is 8.83 Å². The minimum Gasteiger partial charge on any atom is -0.504 e. The Morgan fingerprint density at radius 1 is 1.07 bits per heavy atom. The number of nitro groups is 1. The van der Waals surface area contributed by atoms with Crippen molar-refractivity contribution >= 4 is 34.5 Å². The summed E-state index contributed by atoms with van der Waals surface area (Å²) in [7, 11) is 0. The second kappa shape index (κ2) is 6.48. The first-order valence-electron chi connectivity index (χ1n) is 8.50. The predicted molar refractivity (Wildman–Crippen MR) is 101 cm³/mol. The minimum atomic E-state index is -0.838. The number of nitrogens with zero attached hydrogens (tertiary/aromatic N) is 2. The third kappa shape index (κ3) is 2.71. The average molecular weight is 394 g/mol. The zero-order chi connectivity index (χ0) is 20.9. The van der Waals surface area contributed by atoms with Gasteiger partial charge in [-0.3, -0.25) is 19.7 Å². The summed E-state index contributed by atoms with van der Waals surface area (Å²) in [6.07, 6.45) is 2.66. The average Bonchev–Trinajstić information content (AvgIpc) is 3.37. The molecule has 0 saturated heterocycles. The van der Waals surface area contributed by atoms with E-state index >= 15 is 0 Å². The molecule has 3 heterocycles. The quantitative estimate of drug-likeness (QED) is 0.234. The van der Waals surface area contributed by atoms with Gasteiger partial charge in [0.05, 0.1) is 28.7 Å². The zero-order valence-electron chi connectivity index (χ0n) is 15.3. The normalized spacial score (nSPS) is 14.8. The van der Waals surface area contributed by atoms with E-state index in [1.54, 1.807) is 26.0 Å². The number of hydrogen-bond acceptors (Lipinski definition) is 7. The summed E-state index contributed by atoms with van der Waals surface area (Å²) in [5, 5.41) is 22.0. The number of non-ortho nitro benzene ring substituents is 1. The second-order valence-corrected chi connectivity index (χ2v) is 6.49. The molecule has 2 aromatic heterocycles. The van der Waals surface area contributed by atoms with Crippen LogP contribution in [-0.2, 0) is 4.79 Å². The number of nitro benzene ring substituents is 1. The third-order valence-electron chi connectivity index (χ3n) is 4.69. The molecule has 29 heavy (non-hydrogen) atoms. The van der Waals surface area contributed by atoms with Crippen molar-refractivity contribution in [2.24, 2.45) is 0 Å². The van der Waals surface area contributed by atoms with Crippen molar-refractivity contribution in [3.63, 3.8) is 0 Å². The summed E-state index contributed by atoms with van der Waals surface area (Å²) in [6.45, 7) is 3.31. The van der Waals surface area contributed by atoms with Gasteiger partial charge in [0.1, 0.15) is 0 Å².